The van der Waals surface area contributed by atoms with Gasteiger partial charge >= 0.3 is 0 Å². The zero-order chi connectivity index (χ0) is 26.3. The van der Waals surface area contributed by atoms with Gasteiger partial charge in [-0.1, -0.05) is 41.0 Å². The van der Waals surface area contributed by atoms with E-state index in [1.165, 1.54) is 0 Å². The van der Waals surface area contributed by atoms with Crippen molar-refractivity contribution in [2.75, 3.05) is 39.4 Å². The second-order valence-electron chi connectivity index (χ2n) is 11.4. The first-order valence-corrected chi connectivity index (χ1v) is 13.0. The first-order valence-electron chi connectivity index (χ1n) is 13.0. The van der Waals surface area contributed by atoms with Crippen LogP contribution in [0.5, 0.6) is 0 Å². The average molecular weight is 487 g/mol. The van der Waals surface area contributed by atoms with E-state index in [0.29, 0.717) is 51.7 Å². The molecule has 0 fully saturated rings. The Bertz CT molecular complexity index is 570. The lowest BCUT2D eigenvalue weighted by Gasteiger charge is -2.41. The molecule has 0 saturated carbocycles. The average Bonchev–Trinajstić information content (AvgIpc) is 2.69. The molecule has 1 unspecified atom stereocenters. The molecular weight excluding hydrogens is 432 g/mol. The van der Waals surface area contributed by atoms with Gasteiger partial charge in [-0.2, -0.15) is 0 Å². The summed E-state index contributed by atoms with van der Waals surface area (Å²) in [6.07, 6.45) is 3.98. The first kappa shape index (κ1) is 32.8. The van der Waals surface area contributed by atoms with E-state index in [1.54, 1.807) is 0 Å². The number of carbonyl (C=O) groups is 2. The van der Waals surface area contributed by atoms with Crippen molar-refractivity contribution in [1.82, 2.24) is 21.3 Å². The highest BCUT2D eigenvalue weighted by atomic mass is 16.7. The van der Waals surface area contributed by atoms with Crippen molar-refractivity contribution in [2.24, 2.45) is 5.41 Å². The van der Waals surface area contributed by atoms with E-state index in [-0.39, 0.29) is 22.8 Å². The molecule has 0 radical (unpaired) electrons. The van der Waals surface area contributed by atoms with Crippen LogP contribution in [-0.2, 0) is 19.1 Å². The highest BCUT2D eigenvalue weighted by Crippen LogP contribution is 2.34. The van der Waals surface area contributed by atoms with Crippen LogP contribution in [0.3, 0.4) is 0 Å². The topological polar surface area (TPSA) is 101 Å². The molecule has 0 aromatic carbocycles. The highest BCUT2D eigenvalue weighted by Gasteiger charge is 2.39. The third kappa shape index (κ3) is 17.2. The fourth-order valence-corrected chi connectivity index (χ4v) is 3.05. The van der Waals surface area contributed by atoms with E-state index in [1.807, 2.05) is 6.92 Å². The van der Waals surface area contributed by atoms with E-state index in [2.05, 4.69) is 76.7 Å². The van der Waals surface area contributed by atoms with Crippen LogP contribution >= 0.6 is 0 Å². The van der Waals surface area contributed by atoms with Crippen LogP contribution in [0.25, 0.3) is 0 Å². The maximum atomic E-state index is 12.1. The predicted octanol–water partition coefficient (Wildman–Crippen LogP) is 3.35. The molecule has 0 rings (SSSR count). The summed E-state index contributed by atoms with van der Waals surface area (Å²) in [7, 11) is 0. The maximum absolute atomic E-state index is 12.1. The van der Waals surface area contributed by atoms with Crippen molar-refractivity contribution < 1.29 is 19.1 Å². The molecule has 34 heavy (non-hydrogen) atoms. The van der Waals surface area contributed by atoms with Crippen LogP contribution in [0.4, 0.5) is 0 Å². The molecule has 0 aliphatic carbocycles. The molecule has 0 aliphatic heterocycles. The molecule has 4 N–H and O–H groups in total. The second-order valence-corrected chi connectivity index (χ2v) is 11.4. The van der Waals surface area contributed by atoms with E-state index >= 15 is 0 Å². The lowest BCUT2D eigenvalue weighted by molar-refractivity contribution is -0.276. The smallest absolute Gasteiger partial charge is 0.221 e. The van der Waals surface area contributed by atoms with Gasteiger partial charge < -0.3 is 30.7 Å². The molecule has 2 amide bonds. The third-order valence-corrected chi connectivity index (χ3v) is 5.61. The van der Waals surface area contributed by atoms with Gasteiger partial charge in [0.25, 0.3) is 0 Å². The van der Waals surface area contributed by atoms with Crippen LogP contribution in [0.1, 0.15) is 94.4 Å². The van der Waals surface area contributed by atoms with Gasteiger partial charge in [0.15, 0.2) is 5.79 Å². The summed E-state index contributed by atoms with van der Waals surface area (Å²) in [6.45, 7) is 21.9. The number of carbonyl (C=O) groups excluding carboxylic acids is 2. The van der Waals surface area contributed by atoms with Crippen molar-refractivity contribution in [2.45, 2.75) is 112 Å². The third-order valence-electron chi connectivity index (χ3n) is 5.61. The molecule has 0 spiro atoms. The summed E-state index contributed by atoms with van der Waals surface area (Å²) in [5.74, 6) is -0.773. The number of ether oxygens (including phenoxy) is 2. The highest BCUT2D eigenvalue weighted by molar-refractivity contribution is 5.76. The van der Waals surface area contributed by atoms with E-state index < -0.39 is 5.79 Å². The Kier molecular flexibility index (Phi) is 15.9. The Hall–Kier alpha value is -1.22. The normalized spacial score (nSPS) is 14.2. The lowest BCUT2D eigenvalue weighted by atomic mass is 9.86. The van der Waals surface area contributed by atoms with Crippen molar-refractivity contribution in [1.29, 1.82) is 0 Å². The summed E-state index contributed by atoms with van der Waals surface area (Å²) in [5.41, 5.74) is -0.134. The van der Waals surface area contributed by atoms with Crippen molar-refractivity contribution >= 4 is 11.8 Å². The monoisotopic (exact) mass is 486 g/mol. The molecule has 0 aliphatic rings. The minimum absolute atomic E-state index is 0.00306. The SMILES string of the molecule is CC(C)NCCC(=O)NCCOC(C)(OCCNC(=O)CCCCCNC(C)(C)C)C(C)(C)C. The van der Waals surface area contributed by atoms with Crippen LogP contribution in [0, 0.1) is 5.41 Å². The summed E-state index contributed by atoms with van der Waals surface area (Å²) >= 11 is 0. The number of hydrogen-bond acceptors (Lipinski definition) is 6. The van der Waals surface area contributed by atoms with Gasteiger partial charge in [0.1, 0.15) is 0 Å². The summed E-state index contributed by atoms with van der Waals surface area (Å²) < 4.78 is 12.1. The Morgan fingerprint density at radius 3 is 1.71 bits per heavy atom. The van der Waals surface area contributed by atoms with Crippen molar-refractivity contribution in [3.8, 4) is 0 Å². The zero-order valence-corrected chi connectivity index (χ0v) is 23.5. The van der Waals surface area contributed by atoms with Crippen LogP contribution < -0.4 is 21.3 Å². The molecule has 1 atom stereocenters. The quantitative estimate of drug-likeness (QED) is 0.175. The molecule has 8 nitrogen and oxygen atoms in total. The molecule has 0 bridgehead atoms. The van der Waals surface area contributed by atoms with E-state index in [4.69, 9.17) is 9.47 Å². The minimum Gasteiger partial charge on any atom is -0.354 e. The van der Waals surface area contributed by atoms with Gasteiger partial charge in [0, 0.05) is 49.5 Å². The largest absolute Gasteiger partial charge is 0.354 e. The van der Waals surface area contributed by atoms with Gasteiger partial charge in [-0.15, -0.1) is 0 Å². The second kappa shape index (κ2) is 16.5. The maximum Gasteiger partial charge on any atom is 0.221 e. The Labute approximate surface area is 209 Å². The predicted molar refractivity (Wildman–Crippen MR) is 140 cm³/mol. The molecule has 0 heterocycles. The Morgan fingerprint density at radius 2 is 1.24 bits per heavy atom. The zero-order valence-electron chi connectivity index (χ0n) is 23.5. The van der Waals surface area contributed by atoms with E-state index in [9.17, 15) is 9.59 Å². The fourth-order valence-electron chi connectivity index (χ4n) is 3.05. The van der Waals surface area contributed by atoms with Gasteiger partial charge in [-0.25, -0.2) is 0 Å². The van der Waals surface area contributed by atoms with Crippen molar-refractivity contribution in [3.63, 3.8) is 0 Å². The van der Waals surface area contributed by atoms with Crippen molar-refractivity contribution in [3.05, 3.63) is 0 Å². The van der Waals surface area contributed by atoms with Gasteiger partial charge in [0.05, 0.1) is 13.2 Å². The fraction of sp³-hybridized carbons (Fsp3) is 0.923. The molecule has 0 aromatic heterocycles. The number of hydrogen-bond donors (Lipinski definition) is 4. The summed E-state index contributed by atoms with van der Waals surface area (Å²) in [5, 5.41) is 12.5. The lowest BCUT2D eigenvalue weighted by Crippen LogP contribution is -2.47. The van der Waals surface area contributed by atoms with Crippen LogP contribution in [-0.4, -0.2) is 68.6 Å². The molecular formula is C26H54N4O4. The molecule has 8 heteroatoms. The number of amides is 2. The van der Waals surface area contributed by atoms with Gasteiger partial charge in [0.2, 0.25) is 11.8 Å². The molecule has 0 aromatic rings. The standard InChI is InChI=1S/C26H54N4O4/c1-21(2)27-16-14-23(32)29-18-20-34-26(9,24(3,4)5)33-19-17-28-22(31)13-11-10-12-15-30-25(6,7)8/h21,27,30H,10-20H2,1-9H3,(H,28,31)(H,29,32). The first-order chi connectivity index (χ1) is 15.7. The summed E-state index contributed by atoms with van der Waals surface area (Å²) in [6, 6.07) is 0.367. The Balaban J connectivity index is 4.12. The Morgan fingerprint density at radius 1 is 0.706 bits per heavy atom. The van der Waals surface area contributed by atoms with Gasteiger partial charge in [-0.3, -0.25) is 9.59 Å². The van der Waals surface area contributed by atoms with Crippen LogP contribution in [0.15, 0.2) is 0 Å². The van der Waals surface area contributed by atoms with E-state index in [0.717, 1.165) is 25.8 Å². The minimum atomic E-state index is -0.832. The number of unbranched alkanes of at least 4 members (excludes halogenated alkanes) is 2. The molecule has 0 saturated heterocycles. The van der Waals surface area contributed by atoms with Gasteiger partial charge in [-0.05, 0) is 47.1 Å². The molecule has 202 valence electrons. The number of nitrogens with one attached hydrogen (secondary N) is 4. The summed E-state index contributed by atoms with van der Waals surface area (Å²) in [4.78, 5) is 24.0. The number of rotatable bonds is 18. The van der Waals surface area contributed by atoms with Crippen LogP contribution in [0.2, 0.25) is 0 Å².